The van der Waals surface area contributed by atoms with Gasteiger partial charge in [0.2, 0.25) is 5.91 Å². The Kier molecular flexibility index (Phi) is 10.9. The lowest BCUT2D eigenvalue weighted by Gasteiger charge is -2.31. The molecule has 0 saturated carbocycles. The number of nitrogens with two attached hydrogens (primary N) is 1. The molecule has 0 saturated heterocycles. The van der Waals surface area contributed by atoms with Gasteiger partial charge < -0.3 is 20.5 Å². The topological polar surface area (TPSA) is 73.6 Å². The first-order valence-electron chi connectivity index (χ1n) is 12.5. The standard InChI is InChI=1S/C29H44N2O3/c1-7-10-22(25-16-15-24(33-5)20-27(25)34-6)14-17-26(29(2,3)4)28(32)31-23-13-8-11-21(19-23)12-9-18-30/h8,11,13,15-16,19-20,22,26H,7,9-10,12,14,17-18,30H2,1-6H3,(H,31,32). The largest absolute Gasteiger partial charge is 0.497 e. The number of carbonyl (C=O) groups excluding carboxylic acids is 1. The minimum absolute atomic E-state index is 0.0837. The Morgan fingerprint density at radius 2 is 1.79 bits per heavy atom. The number of aryl methyl sites for hydroxylation is 1. The molecule has 188 valence electrons. The highest BCUT2D eigenvalue weighted by atomic mass is 16.5. The van der Waals surface area contributed by atoms with E-state index in [1.807, 2.05) is 24.3 Å². The SMILES string of the molecule is CCCC(CCC(C(=O)Nc1cccc(CCCN)c1)C(C)(C)C)c1ccc(OC)cc1OC. The first-order chi connectivity index (χ1) is 16.2. The molecule has 0 heterocycles. The zero-order chi connectivity index (χ0) is 25.1. The number of rotatable bonds is 13. The van der Waals surface area contributed by atoms with E-state index in [1.165, 1.54) is 11.1 Å². The van der Waals surface area contributed by atoms with Crippen LogP contribution in [0.2, 0.25) is 0 Å². The summed E-state index contributed by atoms with van der Waals surface area (Å²) in [4.78, 5) is 13.4. The van der Waals surface area contributed by atoms with E-state index in [4.69, 9.17) is 15.2 Å². The zero-order valence-electron chi connectivity index (χ0n) is 21.9. The van der Waals surface area contributed by atoms with Crippen molar-refractivity contribution in [2.24, 2.45) is 17.1 Å². The predicted octanol–water partition coefficient (Wildman–Crippen LogP) is 6.56. The second-order valence-corrected chi connectivity index (χ2v) is 10.2. The van der Waals surface area contributed by atoms with Crippen molar-refractivity contribution >= 4 is 11.6 Å². The van der Waals surface area contributed by atoms with Gasteiger partial charge >= 0.3 is 0 Å². The fraction of sp³-hybridized carbons (Fsp3) is 0.552. The Hall–Kier alpha value is -2.53. The number of hydrogen-bond donors (Lipinski definition) is 2. The number of ether oxygens (including phenoxy) is 2. The molecular weight excluding hydrogens is 424 g/mol. The Balaban J connectivity index is 2.18. The van der Waals surface area contributed by atoms with Crippen LogP contribution >= 0.6 is 0 Å². The van der Waals surface area contributed by atoms with E-state index < -0.39 is 0 Å². The maximum atomic E-state index is 13.4. The normalized spacial score (nSPS) is 13.3. The van der Waals surface area contributed by atoms with Gasteiger partial charge in [0, 0.05) is 17.7 Å². The van der Waals surface area contributed by atoms with Crippen LogP contribution in [0, 0.1) is 11.3 Å². The summed E-state index contributed by atoms with van der Waals surface area (Å²) in [6, 6.07) is 14.2. The molecule has 0 aliphatic heterocycles. The quantitative estimate of drug-likeness (QED) is 0.349. The van der Waals surface area contributed by atoms with E-state index in [0.717, 1.165) is 55.7 Å². The van der Waals surface area contributed by atoms with Crippen molar-refractivity contribution in [2.45, 2.75) is 72.1 Å². The van der Waals surface area contributed by atoms with Crippen molar-refractivity contribution in [3.63, 3.8) is 0 Å². The number of nitrogens with one attached hydrogen (secondary N) is 1. The summed E-state index contributed by atoms with van der Waals surface area (Å²) >= 11 is 0. The van der Waals surface area contributed by atoms with Gasteiger partial charge in [0.15, 0.2) is 0 Å². The van der Waals surface area contributed by atoms with Crippen molar-refractivity contribution in [1.82, 2.24) is 0 Å². The molecule has 5 nitrogen and oxygen atoms in total. The minimum atomic E-state index is -0.151. The van der Waals surface area contributed by atoms with Crippen LogP contribution in [0.3, 0.4) is 0 Å². The van der Waals surface area contributed by atoms with Gasteiger partial charge in [-0.1, -0.05) is 52.3 Å². The predicted molar refractivity (Wildman–Crippen MR) is 142 cm³/mol. The van der Waals surface area contributed by atoms with Crippen LogP contribution in [0.4, 0.5) is 5.69 Å². The molecule has 0 spiro atoms. The summed E-state index contributed by atoms with van der Waals surface area (Å²) in [7, 11) is 3.37. The molecule has 0 aromatic heterocycles. The average Bonchev–Trinajstić information content (AvgIpc) is 2.81. The highest BCUT2D eigenvalue weighted by molar-refractivity contribution is 5.93. The number of benzene rings is 2. The van der Waals surface area contributed by atoms with Gasteiger partial charge in [-0.15, -0.1) is 0 Å². The maximum Gasteiger partial charge on any atom is 0.228 e. The monoisotopic (exact) mass is 468 g/mol. The van der Waals surface area contributed by atoms with Gasteiger partial charge in [-0.2, -0.15) is 0 Å². The molecule has 1 amide bonds. The number of anilines is 1. The highest BCUT2D eigenvalue weighted by Gasteiger charge is 2.32. The van der Waals surface area contributed by atoms with E-state index in [-0.39, 0.29) is 17.2 Å². The Morgan fingerprint density at radius 3 is 2.41 bits per heavy atom. The molecule has 5 heteroatoms. The molecule has 2 atom stereocenters. The first-order valence-corrected chi connectivity index (χ1v) is 12.5. The van der Waals surface area contributed by atoms with Crippen LogP contribution in [0.1, 0.15) is 76.8 Å². The maximum absolute atomic E-state index is 13.4. The molecule has 34 heavy (non-hydrogen) atoms. The van der Waals surface area contributed by atoms with E-state index in [2.05, 4.69) is 51.2 Å². The average molecular weight is 469 g/mol. The van der Waals surface area contributed by atoms with Crippen LogP contribution in [0.25, 0.3) is 0 Å². The molecule has 0 fully saturated rings. The zero-order valence-corrected chi connectivity index (χ0v) is 21.9. The van der Waals surface area contributed by atoms with Crippen molar-refractivity contribution in [3.8, 4) is 11.5 Å². The Labute approximate surface area is 206 Å². The number of amides is 1. The van der Waals surface area contributed by atoms with Crippen LogP contribution in [0.5, 0.6) is 11.5 Å². The number of methoxy groups -OCH3 is 2. The van der Waals surface area contributed by atoms with Gasteiger partial charge in [-0.3, -0.25) is 4.79 Å². The van der Waals surface area contributed by atoms with E-state index in [1.54, 1.807) is 14.2 Å². The minimum Gasteiger partial charge on any atom is -0.497 e. The molecule has 2 aromatic rings. The molecule has 3 N–H and O–H groups in total. The van der Waals surface area contributed by atoms with Crippen molar-refractivity contribution in [3.05, 3.63) is 53.6 Å². The smallest absolute Gasteiger partial charge is 0.228 e. The van der Waals surface area contributed by atoms with E-state index in [9.17, 15) is 4.79 Å². The van der Waals surface area contributed by atoms with Crippen LogP contribution in [0.15, 0.2) is 42.5 Å². The third kappa shape index (κ3) is 8.05. The highest BCUT2D eigenvalue weighted by Crippen LogP contribution is 2.39. The molecule has 2 aromatic carbocycles. The molecule has 0 aliphatic carbocycles. The lowest BCUT2D eigenvalue weighted by Crippen LogP contribution is -2.33. The molecule has 2 unspecified atom stereocenters. The van der Waals surface area contributed by atoms with Gasteiger partial charge in [0.05, 0.1) is 14.2 Å². The summed E-state index contributed by atoms with van der Waals surface area (Å²) < 4.78 is 11.1. The van der Waals surface area contributed by atoms with Crippen LogP contribution < -0.4 is 20.5 Å². The summed E-state index contributed by atoms with van der Waals surface area (Å²) in [5.74, 6) is 1.94. The van der Waals surface area contributed by atoms with Gasteiger partial charge in [-0.05, 0) is 79.3 Å². The van der Waals surface area contributed by atoms with E-state index >= 15 is 0 Å². The molecule has 0 radical (unpaired) electrons. The molecular formula is C29H44N2O3. The number of carbonyl (C=O) groups is 1. The van der Waals surface area contributed by atoms with Gasteiger partial charge in [-0.25, -0.2) is 0 Å². The summed E-state index contributed by atoms with van der Waals surface area (Å²) in [6.07, 6.45) is 5.71. The van der Waals surface area contributed by atoms with E-state index in [0.29, 0.717) is 12.5 Å². The lowest BCUT2D eigenvalue weighted by atomic mass is 9.75. The second kappa shape index (κ2) is 13.4. The fourth-order valence-electron chi connectivity index (χ4n) is 4.62. The Morgan fingerprint density at radius 1 is 1.03 bits per heavy atom. The van der Waals surface area contributed by atoms with Crippen LogP contribution in [-0.2, 0) is 11.2 Å². The van der Waals surface area contributed by atoms with Crippen molar-refractivity contribution in [1.29, 1.82) is 0 Å². The van der Waals surface area contributed by atoms with Gasteiger partial charge in [0.1, 0.15) is 11.5 Å². The number of hydrogen-bond acceptors (Lipinski definition) is 4. The molecule has 0 aliphatic rings. The summed E-state index contributed by atoms with van der Waals surface area (Å²) in [5, 5.41) is 3.19. The van der Waals surface area contributed by atoms with Crippen LogP contribution in [-0.4, -0.2) is 26.7 Å². The first kappa shape index (κ1) is 27.7. The third-order valence-electron chi connectivity index (χ3n) is 6.55. The van der Waals surface area contributed by atoms with Gasteiger partial charge in [0.25, 0.3) is 0 Å². The van der Waals surface area contributed by atoms with Crippen molar-refractivity contribution < 1.29 is 14.3 Å². The fourth-order valence-corrected chi connectivity index (χ4v) is 4.62. The lowest BCUT2D eigenvalue weighted by molar-refractivity contribution is -0.123. The summed E-state index contributed by atoms with van der Waals surface area (Å²) in [5.41, 5.74) is 8.74. The van der Waals surface area contributed by atoms with Crippen molar-refractivity contribution in [2.75, 3.05) is 26.1 Å². The molecule has 2 rings (SSSR count). The molecule has 0 bridgehead atoms. The third-order valence-corrected chi connectivity index (χ3v) is 6.55. The summed E-state index contributed by atoms with van der Waals surface area (Å²) in [6.45, 7) is 9.32. The Bertz CT molecular complexity index is 904. The second-order valence-electron chi connectivity index (χ2n) is 10.2.